The molecule has 5 nitrogen and oxygen atoms in total. The Morgan fingerprint density at radius 2 is 1.58 bits per heavy atom. The van der Waals surface area contributed by atoms with Gasteiger partial charge >= 0.3 is 6.18 Å². The van der Waals surface area contributed by atoms with Crippen LogP contribution >= 0.6 is 0 Å². The van der Waals surface area contributed by atoms with Gasteiger partial charge in [0.25, 0.3) is 0 Å². The van der Waals surface area contributed by atoms with E-state index in [-0.39, 0.29) is 23.4 Å². The standard InChI is InChI=1S/C29H24F4N4O/c1-18-27(34-28(38-18)22-11-5-7-13-24(22)30)37-26(36-15-14-19-8-2-3-9-20(19)17-36)16-25(35-37)21-10-4-6-12-23(21)29(31,32)33/h2-13,26H,14-17H2,1H3. The highest BCUT2D eigenvalue weighted by molar-refractivity contribution is 6.04. The molecule has 38 heavy (non-hydrogen) atoms. The third kappa shape index (κ3) is 4.36. The van der Waals surface area contributed by atoms with Crippen molar-refractivity contribution in [2.45, 2.75) is 38.7 Å². The lowest BCUT2D eigenvalue weighted by atomic mass is 9.97. The molecule has 0 saturated heterocycles. The number of hydrogen-bond acceptors (Lipinski definition) is 5. The van der Waals surface area contributed by atoms with Gasteiger partial charge < -0.3 is 4.42 Å². The lowest BCUT2D eigenvalue weighted by Gasteiger charge is -2.36. The molecule has 1 unspecified atom stereocenters. The van der Waals surface area contributed by atoms with Gasteiger partial charge in [0.1, 0.15) is 17.7 Å². The summed E-state index contributed by atoms with van der Waals surface area (Å²) in [4.78, 5) is 6.78. The van der Waals surface area contributed by atoms with Crippen LogP contribution in [0.25, 0.3) is 11.5 Å². The highest BCUT2D eigenvalue weighted by Gasteiger charge is 2.40. The molecule has 0 radical (unpaired) electrons. The number of hydrogen-bond donors (Lipinski definition) is 0. The summed E-state index contributed by atoms with van der Waals surface area (Å²) in [5, 5.41) is 6.34. The molecule has 0 bridgehead atoms. The molecule has 2 aliphatic rings. The Labute approximate surface area is 217 Å². The quantitative estimate of drug-likeness (QED) is 0.278. The van der Waals surface area contributed by atoms with Crippen molar-refractivity contribution in [3.05, 3.63) is 107 Å². The maximum Gasteiger partial charge on any atom is 0.417 e. The van der Waals surface area contributed by atoms with Crippen LogP contribution in [0.1, 0.15) is 34.4 Å². The fourth-order valence-electron chi connectivity index (χ4n) is 5.24. The lowest BCUT2D eigenvalue weighted by Crippen LogP contribution is -2.46. The second-order valence-electron chi connectivity index (χ2n) is 9.49. The Morgan fingerprint density at radius 1 is 0.895 bits per heavy atom. The van der Waals surface area contributed by atoms with Crippen LogP contribution in [0, 0.1) is 12.7 Å². The van der Waals surface area contributed by atoms with Crippen LogP contribution in [0.2, 0.25) is 0 Å². The van der Waals surface area contributed by atoms with Gasteiger partial charge in [-0.05, 0) is 42.7 Å². The van der Waals surface area contributed by atoms with E-state index in [1.165, 1.54) is 29.3 Å². The van der Waals surface area contributed by atoms with Gasteiger partial charge in [-0.3, -0.25) is 4.90 Å². The summed E-state index contributed by atoms with van der Waals surface area (Å²) in [7, 11) is 0. The molecule has 0 saturated carbocycles. The molecule has 0 N–H and O–H groups in total. The predicted octanol–water partition coefficient (Wildman–Crippen LogP) is 6.81. The number of oxazole rings is 1. The first-order valence-electron chi connectivity index (χ1n) is 12.4. The van der Waals surface area contributed by atoms with Crippen LogP contribution in [-0.4, -0.2) is 28.3 Å². The van der Waals surface area contributed by atoms with Crippen molar-refractivity contribution in [2.24, 2.45) is 5.10 Å². The molecule has 0 aliphatic carbocycles. The second-order valence-corrected chi connectivity index (χ2v) is 9.49. The number of rotatable bonds is 4. The van der Waals surface area contributed by atoms with Crippen LogP contribution in [0.5, 0.6) is 0 Å². The highest BCUT2D eigenvalue weighted by Crippen LogP contribution is 2.38. The van der Waals surface area contributed by atoms with Crippen LogP contribution in [0.15, 0.2) is 82.3 Å². The van der Waals surface area contributed by atoms with Crippen molar-refractivity contribution in [1.29, 1.82) is 0 Å². The Bertz CT molecular complexity index is 1530. The first-order valence-corrected chi connectivity index (χ1v) is 12.4. The fourth-order valence-corrected chi connectivity index (χ4v) is 5.24. The Hall–Kier alpha value is -3.98. The van der Waals surface area contributed by atoms with Crippen molar-refractivity contribution in [3.8, 4) is 11.5 Å². The number of halogens is 4. The van der Waals surface area contributed by atoms with Gasteiger partial charge in [0.15, 0.2) is 5.82 Å². The number of aryl methyl sites for hydroxylation is 1. The van der Waals surface area contributed by atoms with E-state index in [1.807, 2.05) is 12.1 Å². The number of anilines is 1. The molecule has 2 aliphatic heterocycles. The summed E-state index contributed by atoms with van der Waals surface area (Å²) in [5.41, 5.74) is 2.27. The summed E-state index contributed by atoms with van der Waals surface area (Å²) < 4.78 is 62.0. The van der Waals surface area contributed by atoms with Gasteiger partial charge in [-0.15, -0.1) is 0 Å². The minimum atomic E-state index is -4.52. The van der Waals surface area contributed by atoms with E-state index in [9.17, 15) is 17.6 Å². The van der Waals surface area contributed by atoms with Crippen LogP contribution < -0.4 is 5.01 Å². The molecule has 1 aromatic heterocycles. The van der Waals surface area contributed by atoms with Crippen molar-refractivity contribution in [3.63, 3.8) is 0 Å². The largest absolute Gasteiger partial charge is 0.439 e. The molecule has 0 spiro atoms. The Kier molecular flexibility index (Phi) is 6.03. The topological polar surface area (TPSA) is 44.9 Å². The molecular formula is C29H24F4N4O. The molecule has 194 valence electrons. The summed E-state index contributed by atoms with van der Waals surface area (Å²) >= 11 is 0. The third-order valence-electron chi connectivity index (χ3n) is 7.11. The predicted molar refractivity (Wildman–Crippen MR) is 136 cm³/mol. The average Bonchev–Trinajstić information content (AvgIpc) is 3.52. The lowest BCUT2D eigenvalue weighted by molar-refractivity contribution is -0.137. The first kappa shape index (κ1) is 24.4. The van der Waals surface area contributed by atoms with E-state index in [4.69, 9.17) is 9.52 Å². The second kappa shape index (κ2) is 9.40. The van der Waals surface area contributed by atoms with E-state index >= 15 is 0 Å². The first-order chi connectivity index (χ1) is 18.3. The number of benzene rings is 3. The molecule has 0 amide bonds. The maximum atomic E-state index is 14.5. The number of fused-ring (bicyclic) bond motifs is 1. The van der Waals surface area contributed by atoms with E-state index in [2.05, 4.69) is 22.0 Å². The van der Waals surface area contributed by atoms with Gasteiger partial charge in [-0.1, -0.05) is 54.6 Å². The zero-order valence-electron chi connectivity index (χ0n) is 20.5. The van der Waals surface area contributed by atoms with Crippen LogP contribution in [0.3, 0.4) is 0 Å². The SMILES string of the molecule is Cc1oc(-c2ccccc2F)nc1N1N=C(c2ccccc2C(F)(F)F)CC1N1CCc2ccccc2C1. The van der Waals surface area contributed by atoms with E-state index in [0.29, 0.717) is 30.4 Å². The molecule has 3 heterocycles. The van der Waals surface area contributed by atoms with Gasteiger partial charge in [-0.25, -0.2) is 9.40 Å². The summed E-state index contributed by atoms with van der Waals surface area (Å²) in [6.07, 6.45) is -3.84. The third-order valence-corrected chi connectivity index (χ3v) is 7.11. The molecular weight excluding hydrogens is 496 g/mol. The Morgan fingerprint density at radius 3 is 2.34 bits per heavy atom. The number of hydrazone groups is 1. The normalized spacial score (nSPS) is 18.0. The minimum absolute atomic E-state index is 0.0420. The van der Waals surface area contributed by atoms with Crippen molar-refractivity contribution in [1.82, 2.24) is 9.88 Å². The van der Waals surface area contributed by atoms with Gasteiger partial charge in [0, 0.05) is 25.1 Å². The van der Waals surface area contributed by atoms with Gasteiger partial charge in [0.2, 0.25) is 5.89 Å². The number of nitrogens with zero attached hydrogens (tertiary/aromatic N) is 4. The van der Waals surface area contributed by atoms with Gasteiger partial charge in [0.05, 0.1) is 16.8 Å². The van der Waals surface area contributed by atoms with E-state index < -0.39 is 23.7 Å². The zero-order valence-corrected chi connectivity index (χ0v) is 20.5. The number of alkyl halides is 3. The highest BCUT2D eigenvalue weighted by atomic mass is 19.4. The average molecular weight is 521 g/mol. The zero-order chi connectivity index (χ0) is 26.4. The van der Waals surface area contributed by atoms with Crippen molar-refractivity contribution >= 4 is 11.5 Å². The molecule has 9 heteroatoms. The van der Waals surface area contributed by atoms with Crippen LogP contribution in [-0.2, 0) is 19.1 Å². The van der Waals surface area contributed by atoms with E-state index in [1.54, 1.807) is 36.2 Å². The van der Waals surface area contributed by atoms with Crippen molar-refractivity contribution in [2.75, 3.05) is 11.6 Å². The summed E-state index contributed by atoms with van der Waals surface area (Å²) in [6, 6.07) is 19.8. The molecule has 6 rings (SSSR count). The molecule has 1 atom stereocenters. The fraction of sp³-hybridized carbons (Fsp3) is 0.241. The number of aromatic nitrogens is 1. The summed E-state index contributed by atoms with van der Waals surface area (Å²) in [6.45, 7) is 3.03. The van der Waals surface area contributed by atoms with E-state index in [0.717, 1.165) is 12.5 Å². The molecule has 3 aromatic carbocycles. The smallest absolute Gasteiger partial charge is 0.417 e. The van der Waals surface area contributed by atoms with Gasteiger partial charge in [-0.2, -0.15) is 23.3 Å². The van der Waals surface area contributed by atoms with Crippen molar-refractivity contribution < 1.29 is 22.0 Å². The monoisotopic (exact) mass is 520 g/mol. The van der Waals surface area contributed by atoms with Crippen LogP contribution in [0.4, 0.5) is 23.4 Å². The Balaban J connectivity index is 1.43. The maximum absolute atomic E-state index is 14.5. The summed E-state index contributed by atoms with van der Waals surface area (Å²) in [5.74, 6) is 0.373. The molecule has 4 aromatic rings. The minimum Gasteiger partial charge on any atom is -0.439 e. The molecule has 0 fully saturated rings.